The highest BCUT2D eigenvalue weighted by atomic mass is 19.1. The van der Waals surface area contributed by atoms with E-state index in [0.717, 1.165) is 5.76 Å². The van der Waals surface area contributed by atoms with Crippen molar-refractivity contribution in [2.45, 2.75) is 19.8 Å². The molecule has 1 amide bonds. The maximum absolute atomic E-state index is 13.6. The fourth-order valence-electron chi connectivity index (χ4n) is 3.95. The van der Waals surface area contributed by atoms with E-state index in [1.54, 1.807) is 43.6 Å². The zero-order chi connectivity index (χ0) is 26.5. The van der Waals surface area contributed by atoms with Crippen molar-refractivity contribution in [3.05, 3.63) is 72.3 Å². The lowest BCUT2D eigenvalue weighted by Gasteiger charge is -2.35. The van der Waals surface area contributed by atoms with E-state index >= 15 is 0 Å². The standard InChI is InChI=1S/C26H27FN6O5/c1-26(24(35)28-10-11-34)14-37-23(38-15-26)22-32-20(16-4-6-17(27)7-5-16)21(33-22)19-8-9-29-25(31-19)30-13-18-3-2-12-36-18/h2-9,12,23,34H,10-11,13-15H2,1H3,(H,28,35)(H,32,33)(H,29,30,31). The van der Waals surface area contributed by atoms with E-state index in [1.807, 2.05) is 6.07 Å². The lowest BCUT2D eigenvalue weighted by Crippen LogP contribution is -2.49. The minimum absolute atomic E-state index is 0.0885. The molecule has 38 heavy (non-hydrogen) atoms. The van der Waals surface area contributed by atoms with Crippen molar-refractivity contribution < 1.29 is 28.2 Å². The van der Waals surface area contributed by atoms with Gasteiger partial charge in [0.25, 0.3) is 0 Å². The average molecular weight is 523 g/mol. The maximum Gasteiger partial charge on any atom is 0.230 e. The predicted octanol–water partition coefficient (Wildman–Crippen LogP) is 3.04. The van der Waals surface area contributed by atoms with Crippen LogP contribution in [0.5, 0.6) is 0 Å². The van der Waals surface area contributed by atoms with Crippen molar-refractivity contribution in [2.24, 2.45) is 5.41 Å². The van der Waals surface area contributed by atoms with Crippen LogP contribution in [0.2, 0.25) is 0 Å². The Morgan fingerprint density at radius 1 is 1.18 bits per heavy atom. The molecule has 3 aromatic heterocycles. The molecule has 0 spiro atoms. The monoisotopic (exact) mass is 522 g/mol. The molecule has 1 aliphatic heterocycles. The van der Waals surface area contributed by atoms with Gasteiger partial charge in [-0.25, -0.2) is 19.3 Å². The normalized spacial score (nSPS) is 19.3. The fraction of sp³-hybridized carbons (Fsp3) is 0.308. The quantitative estimate of drug-likeness (QED) is 0.260. The largest absolute Gasteiger partial charge is 0.467 e. The van der Waals surface area contributed by atoms with Crippen LogP contribution in [-0.2, 0) is 20.8 Å². The number of carbonyl (C=O) groups is 1. The molecule has 12 heteroatoms. The smallest absolute Gasteiger partial charge is 0.230 e. The summed E-state index contributed by atoms with van der Waals surface area (Å²) in [6, 6.07) is 11.3. The van der Waals surface area contributed by atoms with Gasteiger partial charge in [0, 0.05) is 18.3 Å². The van der Waals surface area contributed by atoms with Crippen LogP contribution in [0.3, 0.4) is 0 Å². The van der Waals surface area contributed by atoms with Gasteiger partial charge in [0.15, 0.2) is 5.82 Å². The number of furan rings is 1. The third-order valence-corrected chi connectivity index (χ3v) is 6.03. The van der Waals surface area contributed by atoms with Gasteiger partial charge in [0.2, 0.25) is 18.1 Å². The minimum atomic E-state index is -0.915. The van der Waals surface area contributed by atoms with E-state index in [9.17, 15) is 9.18 Å². The van der Waals surface area contributed by atoms with Crippen molar-refractivity contribution in [2.75, 3.05) is 31.7 Å². The Morgan fingerprint density at radius 2 is 1.97 bits per heavy atom. The lowest BCUT2D eigenvalue weighted by molar-refractivity contribution is -0.231. The summed E-state index contributed by atoms with van der Waals surface area (Å²) in [5.41, 5.74) is 1.39. The van der Waals surface area contributed by atoms with Crippen LogP contribution in [0.15, 0.2) is 59.3 Å². The molecule has 0 radical (unpaired) electrons. The topological polar surface area (TPSA) is 147 Å². The number of halogens is 1. The van der Waals surface area contributed by atoms with E-state index < -0.39 is 11.7 Å². The first kappa shape index (κ1) is 25.5. The summed E-state index contributed by atoms with van der Waals surface area (Å²) in [6.07, 6.45) is 2.35. The van der Waals surface area contributed by atoms with Gasteiger partial charge in [-0.1, -0.05) is 0 Å². The van der Waals surface area contributed by atoms with Crippen molar-refractivity contribution >= 4 is 11.9 Å². The average Bonchev–Trinajstić information content (AvgIpc) is 3.62. The molecule has 5 rings (SSSR count). The molecule has 0 bridgehead atoms. The fourth-order valence-corrected chi connectivity index (χ4v) is 3.95. The van der Waals surface area contributed by atoms with Crippen LogP contribution in [0.1, 0.15) is 24.8 Å². The van der Waals surface area contributed by atoms with Crippen LogP contribution < -0.4 is 10.6 Å². The number of hydrogen-bond acceptors (Lipinski definition) is 9. The highest BCUT2D eigenvalue weighted by Gasteiger charge is 2.40. The molecule has 0 aliphatic carbocycles. The van der Waals surface area contributed by atoms with Crippen molar-refractivity contribution in [1.29, 1.82) is 0 Å². The molecule has 11 nitrogen and oxygen atoms in total. The second-order valence-corrected chi connectivity index (χ2v) is 9.05. The van der Waals surface area contributed by atoms with Crippen LogP contribution >= 0.6 is 0 Å². The number of rotatable bonds is 9. The summed E-state index contributed by atoms with van der Waals surface area (Å²) < 4.78 is 30.8. The summed E-state index contributed by atoms with van der Waals surface area (Å²) in [6.45, 7) is 2.31. The number of aliphatic hydroxyl groups excluding tert-OH is 1. The first-order valence-electron chi connectivity index (χ1n) is 12.0. The van der Waals surface area contributed by atoms with Gasteiger partial charge in [0.05, 0.1) is 55.1 Å². The van der Waals surface area contributed by atoms with Gasteiger partial charge in [0.1, 0.15) is 11.6 Å². The van der Waals surface area contributed by atoms with Gasteiger partial charge in [-0.2, -0.15) is 0 Å². The molecular formula is C26H27FN6O5. The number of anilines is 1. The number of ether oxygens (including phenoxy) is 2. The molecule has 4 N–H and O–H groups in total. The van der Waals surface area contributed by atoms with Gasteiger partial charge in [-0.05, 0) is 49.4 Å². The zero-order valence-corrected chi connectivity index (χ0v) is 20.6. The second-order valence-electron chi connectivity index (χ2n) is 9.05. The molecule has 1 fully saturated rings. The number of aliphatic hydroxyl groups is 1. The Balaban J connectivity index is 1.41. The molecule has 4 heterocycles. The van der Waals surface area contributed by atoms with E-state index in [0.29, 0.717) is 41.0 Å². The number of aromatic amines is 1. The maximum atomic E-state index is 13.6. The third-order valence-electron chi connectivity index (χ3n) is 6.03. The summed E-state index contributed by atoms with van der Waals surface area (Å²) in [5.74, 6) is 0.858. The first-order valence-corrected chi connectivity index (χ1v) is 12.0. The van der Waals surface area contributed by atoms with Gasteiger partial charge in [-0.15, -0.1) is 0 Å². The summed E-state index contributed by atoms with van der Waals surface area (Å²) in [7, 11) is 0. The minimum Gasteiger partial charge on any atom is -0.467 e. The van der Waals surface area contributed by atoms with E-state index in [2.05, 4.69) is 25.6 Å². The lowest BCUT2D eigenvalue weighted by atomic mass is 9.91. The molecule has 1 saturated heterocycles. The van der Waals surface area contributed by atoms with E-state index in [4.69, 9.17) is 24.0 Å². The predicted molar refractivity (Wildman–Crippen MR) is 134 cm³/mol. The number of nitrogens with zero attached hydrogens (tertiary/aromatic N) is 3. The summed E-state index contributed by atoms with van der Waals surface area (Å²) in [5, 5.41) is 14.8. The molecule has 0 unspecified atom stereocenters. The highest BCUT2D eigenvalue weighted by molar-refractivity contribution is 5.82. The number of nitrogens with one attached hydrogen (secondary N) is 3. The number of aromatic nitrogens is 4. The Morgan fingerprint density at radius 3 is 2.68 bits per heavy atom. The van der Waals surface area contributed by atoms with Crippen LogP contribution in [0, 0.1) is 11.2 Å². The second kappa shape index (κ2) is 11.1. The van der Waals surface area contributed by atoms with Gasteiger partial charge in [-0.3, -0.25) is 4.79 Å². The highest BCUT2D eigenvalue weighted by Crippen LogP contribution is 2.35. The van der Waals surface area contributed by atoms with Crippen LogP contribution in [0.25, 0.3) is 22.6 Å². The number of amides is 1. The first-order chi connectivity index (χ1) is 18.4. The number of carbonyl (C=O) groups excluding carboxylic acids is 1. The number of H-pyrrole nitrogens is 1. The molecule has 1 aliphatic rings. The Kier molecular flexibility index (Phi) is 7.45. The Labute approximate surface area is 217 Å². The van der Waals surface area contributed by atoms with Crippen molar-refractivity contribution in [1.82, 2.24) is 25.3 Å². The molecule has 1 aromatic carbocycles. The molecular weight excluding hydrogens is 495 g/mol. The number of imidazole rings is 1. The van der Waals surface area contributed by atoms with Crippen molar-refractivity contribution in [3.8, 4) is 22.6 Å². The SMILES string of the molecule is CC1(C(=O)NCCO)COC(c2nc(-c3ccc(F)cc3)c(-c3ccnc(NCc4ccco4)n3)[nH]2)OC1. The number of hydrogen-bond donors (Lipinski definition) is 4. The Bertz CT molecular complexity index is 1370. The zero-order valence-electron chi connectivity index (χ0n) is 20.6. The van der Waals surface area contributed by atoms with Crippen LogP contribution in [0.4, 0.5) is 10.3 Å². The molecule has 0 saturated carbocycles. The summed E-state index contributed by atoms with van der Waals surface area (Å²) in [4.78, 5) is 29.3. The van der Waals surface area contributed by atoms with E-state index in [1.165, 1.54) is 12.1 Å². The molecule has 0 atom stereocenters. The molecule has 4 aromatic rings. The van der Waals surface area contributed by atoms with Gasteiger partial charge >= 0.3 is 0 Å². The van der Waals surface area contributed by atoms with Crippen LogP contribution in [-0.4, -0.2) is 57.3 Å². The third kappa shape index (κ3) is 5.57. The van der Waals surface area contributed by atoms with Crippen molar-refractivity contribution in [3.63, 3.8) is 0 Å². The number of benzene rings is 1. The Hall–Kier alpha value is -4.13. The molecule has 198 valence electrons. The summed E-state index contributed by atoms with van der Waals surface area (Å²) >= 11 is 0. The van der Waals surface area contributed by atoms with Gasteiger partial charge < -0.3 is 34.6 Å². The van der Waals surface area contributed by atoms with E-state index in [-0.39, 0.29) is 38.1 Å².